The first-order valence-corrected chi connectivity index (χ1v) is 12.1. The van der Waals surface area contributed by atoms with Crippen LogP contribution in [-0.2, 0) is 20.5 Å². The molecule has 2 aromatic heterocycles. The number of amides is 1. The summed E-state index contributed by atoms with van der Waals surface area (Å²) in [5.41, 5.74) is 3.18. The average Bonchev–Trinajstić information content (AvgIpc) is 3.56. The molecule has 1 saturated carbocycles. The van der Waals surface area contributed by atoms with Crippen LogP contribution in [0, 0.1) is 0 Å². The molecule has 3 aliphatic rings. The smallest absolute Gasteiger partial charge is 0.341 e. The molecule has 174 valence electrons. The molecule has 1 atom stereocenters. The van der Waals surface area contributed by atoms with Gasteiger partial charge in [0.2, 0.25) is 5.91 Å². The number of para-hydroxylation sites is 1. The van der Waals surface area contributed by atoms with Gasteiger partial charge in [0.15, 0.2) is 5.60 Å². The predicted octanol–water partition coefficient (Wildman–Crippen LogP) is 4.14. The van der Waals surface area contributed by atoms with Gasteiger partial charge in [0.25, 0.3) is 0 Å². The van der Waals surface area contributed by atoms with Crippen molar-refractivity contribution < 1.29 is 14.3 Å². The Labute approximate surface area is 202 Å². The lowest BCUT2D eigenvalue weighted by Crippen LogP contribution is -2.51. The van der Waals surface area contributed by atoms with Crippen LogP contribution in [0.3, 0.4) is 0 Å². The summed E-state index contributed by atoms with van der Waals surface area (Å²) < 4.78 is 7.77. The van der Waals surface area contributed by atoms with Crippen molar-refractivity contribution in [2.24, 2.45) is 0 Å². The van der Waals surface area contributed by atoms with E-state index in [1.807, 2.05) is 34.0 Å². The molecule has 4 heterocycles. The molecule has 1 spiro atoms. The van der Waals surface area contributed by atoms with Crippen LogP contribution in [0.1, 0.15) is 47.2 Å². The van der Waals surface area contributed by atoms with Gasteiger partial charge in [0.1, 0.15) is 0 Å². The Morgan fingerprint density at radius 2 is 1.80 bits per heavy atom. The maximum Gasteiger partial charge on any atom is 0.341 e. The number of hydrogen-bond acceptors (Lipinski definition) is 5. The number of pyridine rings is 1. The third-order valence-electron chi connectivity index (χ3n) is 8.10. The zero-order valence-electron chi connectivity index (χ0n) is 19.2. The van der Waals surface area contributed by atoms with Gasteiger partial charge in [0, 0.05) is 36.3 Å². The maximum atomic E-state index is 13.9. The van der Waals surface area contributed by atoms with E-state index in [4.69, 9.17) is 4.74 Å². The Morgan fingerprint density at radius 3 is 2.60 bits per heavy atom. The predicted molar refractivity (Wildman–Crippen MR) is 129 cm³/mol. The summed E-state index contributed by atoms with van der Waals surface area (Å²) in [6.45, 7) is 0.973. The fourth-order valence-electron chi connectivity index (χ4n) is 6.06. The van der Waals surface area contributed by atoms with Crippen molar-refractivity contribution in [1.29, 1.82) is 0 Å². The van der Waals surface area contributed by atoms with Crippen LogP contribution in [-0.4, -0.2) is 44.6 Å². The van der Waals surface area contributed by atoms with Crippen LogP contribution < -0.4 is 0 Å². The first kappa shape index (κ1) is 20.4. The van der Waals surface area contributed by atoms with Gasteiger partial charge >= 0.3 is 5.97 Å². The Hall–Kier alpha value is -4.00. The van der Waals surface area contributed by atoms with Crippen LogP contribution in [0.25, 0.3) is 16.6 Å². The van der Waals surface area contributed by atoms with E-state index in [1.54, 1.807) is 12.4 Å². The summed E-state index contributed by atoms with van der Waals surface area (Å²) in [7, 11) is 0. The van der Waals surface area contributed by atoms with Gasteiger partial charge in [-0.1, -0.05) is 36.8 Å². The van der Waals surface area contributed by atoms with Crippen LogP contribution in [0.2, 0.25) is 0 Å². The SMILES string of the molecule is O=C1O[C@]2(CCN(C(=O)C3(c4ccc(-n5ncc6ccccc65)cc4)CCC3)C2)c2ccncc21. The molecule has 2 aliphatic heterocycles. The van der Waals surface area contributed by atoms with Crippen molar-refractivity contribution in [3.8, 4) is 5.69 Å². The minimum absolute atomic E-state index is 0.136. The zero-order valence-corrected chi connectivity index (χ0v) is 19.2. The number of nitrogens with zero attached hydrogens (tertiary/aromatic N) is 4. The van der Waals surface area contributed by atoms with Gasteiger partial charge in [-0.2, -0.15) is 5.10 Å². The van der Waals surface area contributed by atoms with E-state index in [-0.39, 0.29) is 11.9 Å². The van der Waals surface area contributed by atoms with Crippen molar-refractivity contribution in [2.75, 3.05) is 13.1 Å². The van der Waals surface area contributed by atoms with E-state index < -0.39 is 11.0 Å². The van der Waals surface area contributed by atoms with Crippen LogP contribution in [0.4, 0.5) is 0 Å². The number of ether oxygens (including phenoxy) is 1. The highest BCUT2D eigenvalue weighted by Gasteiger charge is 2.55. The summed E-state index contributed by atoms with van der Waals surface area (Å²) in [4.78, 5) is 32.3. The van der Waals surface area contributed by atoms with Gasteiger partial charge < -0.3 is 9.64 Å². The number of rotatable bonds is 3. The summed E-state index contributed by atoms with van der Waals surface area (Å²) >= 11 is 0. The monoisotopic (exact) mass is 464 g/mol. The van der Waals surface area contributed by atoms with E-state index >= 15 is 0 Å². The highest BCUT2D eigenvalue weighted by atomic mass is 16.6. The lowest BCUT2D eigenvalue weighted by Gasteiger charge is -2.43. The Bertz CT molecular complexity index is 1490. The summed E-state index contributed by atoms with van der Waals surface area (Å²) in [5.74, 6) is -0.209. The number of benzene rings is 2. The third kappa shape index (κ3) is 2.84. The Morgan fingerprint density at radius 1 is 0.971 bits per heavy atom. The highest BCUT2D eigenvalue weighted by molar-refractivity contribution is 5.95. The quantitative estimate of drug-likeness (QED) is 0.426. The van der Waals surface area contributed by atoms with E-state index in [9.17, 15) is 9.59 Å². The number of carbonyl (C=O) groups excluding carboxylic acids is 2. The first-order valence-electron chi connectivity index (χ1n) is 12.1. The minimum Gasteiger partial charge on any atom is -0.449 e. The molecular weight excluding hydrogens is 440 g/mol. The van der Waals surface area contributed by atoms with E-state index in [2.05, 4.69) is 46.5 Å². The lowest BCUT2D eigenvalue weighted by atomic mass is 9.63. The number of fused-ring (bicyclic) bond motifs is 3. The molecule has 35 heavy (non-hydrogen) atoms. The lowest BCUT2D eigenvalue weighted by molar-refractivity contribution is -0.140. The van der Waals surface area contributed by atoms with Gasteiger partial charge in [-0.3, -0.25) is 9.78 Å². The third-order valence-corrected chi connectivity index (χ3v) is 8.10. The number of esters is 1. The molecule has 0 bridgehead atoms. The van der Waals surface area contributed by atoms with Crippen LogP contribution in [0.15, 0.2) is 73.2 Å². The van der Waals surface area contributed by atoms with Crippen LogP contribution >= 0.6 is 0 Å². The summed E-state index contributed by atoms with van der Waals surface area (Å²) in [6, 6.07) is 18.2. The fourth-order valence-corrected chi connectivity index (χ4v) is 6.06. The summed E-state index contributed by atoms with van der Waals surface area (Å²) in [5, 5.41) is 5.64. The number of aromatic nitrogens is 3. The van der Waals surface area contributed by atoms with Crippen molar-refractivity contribution in [3.63, 3.8) is 0 Å². The van der Waals surface area contributed by atoms with Crippen molar-refractivity contribution in [1.82, 2.24) is 19.7 Å². The maximum absolute atomic E-state index is 13.9. The van der Waals surface area contributed by atoms with Gasteiger partial charge in [-0.15, -0.1) is 0 Å². The van der Waals surface area contributed by atoms with Crippen molar-refractivity contribution in [2.45, 2.75) is 36.7 Å². The van der Waals surface area contributed by atoms with E-state index in [1.165, 1.54) is 0 Å². The second-order valence-electron chi connectivity index (χ2n) is 9.88. The Kier molecular flexibility index (Phi) is 4.22. The molecule has 7 nitrogen and oxygen atoms in total. The molecular formula is C28H24N4O3. The number of likely N-dealkylation sites (tertiary alicyclic amines) is 1. The fraction of sp³-hybridized carbons (Fsp3) is 0.286. The average molecular weight is 465 g/mol. The standard InChI is InChI=1S/C28H24N4O3/c33-25-22-17-29-14-10-23(22)28(35-25)13-15-31(18-28)26(34)27(11-3-12-27)20-6-8-21(9-7-20)32-24-5-2-1-4-19(24)16-30-32/h1-2,4-10,14,16-17H,3,11-13,15,18H2/t28-/m0/s1. The second-order valence-corrected chi connectivity index (χ2v) is 9.88. The molecule has 0 radical (unpaired) electrons. The summed E-state index contributed by atoms with van der Waals surface area (Å²) in [6.07, 6.45) is 8.43. The van der Waals surface area contributed by atoms with Crippen molar-refractivity contribution in [3.05, 3.63) is 89.9 Å². The first-order chi connectivity index (χ1) is 17.1. The molecule has 2 aromatic carbocycles. The zero-order chi connectivity index (χ0) is 23.6. The normalized spacial score (nSPS) is 22.3. The minimum atomic E-state index is -0.749. The molecule has 4 aromatic rings. The highest BCUT2D eigenvalue weighted by Crippen LogP contribution is 2.49. The topological polar surface area (TPSA) is 77.3 Å². The van der Waals surface area contributed by atoms with Gasteiger partial charge in [-0.25, -0.2) is 9.48 Å². The molecule has 7 heteroatoms. The van der Waals surface area contributed by atoms with Gasteiger partial charge in [-0.05, 0) is 42.7 Å². The number of carbonyl (C=O) groups is 2. The molecule has 2 fully saturated rings. The van der Waals surface area contributed by atoms with Crippen LogP contribution in [0.5, 0.6) is 0 Å². The van der Waals surface area contributed by atoms with E-state index in [0.29, 0.717) is 25.1 Å². The largest absolute Gasteiger partial charge is 0.449 e. The molecule has 7 rings (SSSR count). The van der Waals surface area contributed by atoms with Gasteiger partial charge in [0.05, 0.1) is 34.9 Å². The number of hydrogen-bond donors (Lipinski definition) is 0. The molecule has 1 amide bonds. The molecule has 0 unspecified atom stereocenters. The second kappa shape index (κ2) is 7.25. The van der Waals surface area contributed by atoms with E-state index in [0.717, 1.165) is 47.0 Å². The Balaban J connectivity index is 1.17. The molecule has 0 N–H and O–H groups in total. The molecule has 1 saturated heterocycles. The van der Waals surface area contributed by atoms with Crippen molar-refractivity contribution >= 4 is 22.8 Å². The molecule has 1 aliphatic carbocycles.